The largest absolute Gasteiger partial charge is 0.862 e. The van der Waals surface area contributed by atoms with Crippen molar-refractivity contribution in [3.05, 3.63) is 133 Å². The molecule has 8 N–H and O–H groups in total. The molecular weight excluding hydrogens is 984 g/mol. The van der Waals surface area contributed by atoms with E-state index in [-0.39, 0.29) is 36.6 Å². The summed E-state index contributed by atoms with van der Waals surface area (Å²) in [4.78, 5) is 8.51. The van der Waals surface area contributed by atoms with Gasteiger partial charge in [-0.25, -0.2) is 0 Å². The number of nitrogen functional groups attached to an aromatic ring is 4. The molecule has 2 heterocycles. The van der Waals surface area contributed by atoms with Crippen molar-refractivity contribution in [3.8, 4) is 22.5 Å². The first kappa shape index (κ1) is 57.5. The van der Waals surface area contributed by atoms with Gasteiger partial charge in [0.05, 0.1) is 48.0 Å². The highest BCUT2D eigenvalue weighted by atomic mass is 35.5. The Kier molecular flexibility index (Phi) is 22.5. The summed E-state index contributed by atoms with van der Waals surface area (Å²) in [5.74, 6) is -0.128. The minimum Gasteiger partial charge on any atom is -0.862 e. The van der Waals surface area contributed by atoms with Gasteiger partial charge in [0, 0.05) is 95.9 Å². The number of ether oxygens (including phenoxy) is 3. The molecule has 0 radical (unpaired) electrons. The number of aromatic nitrogens is 2. The molecule has 0 amide bonds. The molecule has 13 nitrogen and oxygen atoms in total. The van der Waals surface area contributed by atoms with Crippen LogP contribution in [0.4, 0.5) is 22.7 Å². The van der Waals surface area contributed by atoms with Crippen LogP contribution in [0, 0.1) is 0 Å². The second kappa shape index (κ2) is 29.4. The average molecular weight is 1060 g/mol. The molecule has 0 unspecified atom stereocenters. The molecule has 0 atom stereocenters. The van der Waals surface area contributed by atoms with E-state index in [0.29, 0.717) is 89.8 Å². The highest BCUT2D eigenvalue weighted by molar-refractivity contribution is 6.11. The number of aryl methyl sites for hydroxylation is 2. The topological polar surface area (TPSA) is 210 Å². The first-order chi connectivity index (χ1) is 35.7. The van der Waals surface area contributed by atoms with Crippen molar-refractivity contribution < 1.29 is 33.6 Å². The standard InChI is InChI=1S/C60H70N8O5.2ClH/c61-45-21-25-49-51-27-23-47(63)41-55(51)67(59(53(49)39-45)43-15-5-1-6-16-43)31-11-3-9-19-57(69)65-29-13-33-71-35-37-73-38-36-72-34-14-30-66-58(70)20-10-4-12-32-68-56-42-48(64)24-28-52(56)50-26-22-46(62)40-54(50)60(68)44-17-7-2-8-18-44;;/h1-2,5-8,15-18,21-28,39-42,63-64H,3-4,9-14,19-20,29-38,61-62H2,(H2,65,66,69,70);2*1H. The Morgan fingerprint density at radius 1 is 0.387 bits per heavy atom. The molecule has 8 rings (SSSR count). The van der Waals surface area contributed by atoms with E-state index in [4.69, 9.17) is 37.1 Å². The lowest BCUT2D eigenvalue weighted by molar-refractivity contribution is -0.660. The number of rotatable bonds is 28. The summed E-state index contributed by atoms with van der Waals surface area (Å²) in [7, 11) is 0. The van der Waals surface area contributed by atoms with Crippen molar-refractivity contribution in [1.29, 1.82) is 0 Å². The van der Waals surface area contributed by atoms with Crippen LogP contribution in [-0.2, 0) is 27.3 Å². The van der Waals surface area contributed by atoms with Gasteiger partial charge in [-0.3, -0.25) is 0 Å². The summed E-state index contributed by atoms with van der Waals surface area (Å²) < 4.78 is 21.7. The number of hydrogen-bond acceptors (Lipinski definition) is 11. The predicted octanol–water partition coefficient (Wildman–Crippen LogP) is 9.55. The molecule has 0 aliphatic carbocycles. The second-order valence-electron chi connectivity index (χ2n) is 18.6. The number of hydrogen-bond donors (Lipinski definition) is 4. The number of anilines is 4. The van der Waals surface area contributed by atoms with Gasteiger partial charge in [0.15, 0.2) is 0 Å². The zero-order valence-corrected chi connectivity index (χ0v) is 44.4. The number of aliphatic imine (C=N–C) groups is 2. The molecule has 0 saturated heterocycles. The molecule has 0 aliphatic rings. The highest BCUT2D eigenvalue weighted by Crippen LogP contribution is 2.35. The maximum atomic E-state index is 12.6. The monoisotopic (exact) mass is 1050 g/mol. The van der Waals surface area contributed by atoms with E-state index >= 15 is 0 Å². The van der Waals surface area contributed by atoms with Crippen LogP contribution in [0.1, 0.15) is 64.2 Å². The van der Waals surface area contributed by atoms with Crippen molar-refractivity contribution in [1.82, 2.24) is 0 Å². The summed E-state index contributed by atoms with van der Waals surface area (Å²) in [5, 5.41) is 31.9. The van der Waals surface area contributed by atoms with E-state index in [1.165, 1.54) is 0 Å². The predicted molar refractivity (Wildman–Crippen MR) is 310 cm³/mol. The van der Waals surface area contributed by atoms with Gasteiger partial charge in [0.2, 0.25) is 22.4 Å². The van der Waals surface area contributed by atoms with E-state index in [9.17, 15) is 10.2 Å². The van der Waals surface area contributed by atoms with Gasteiger partial charge >= 0.3 is 0 Å². The summed E-state index contributed by atoms with van der Waals surface area (Å²) in [6, 6.07) is 45.2. The quantitative estimate of drug-likeness (QED) is 0.00918. The third-order valence-corrected chi connectivity index (χ3v) is 13.2. The minimum absolute atomic E-state index is 0. The van der Waals surface area contributed by atoms with Crippen LogP contribution in [0.15, 0.2) is 143 Å². The zero-order valence-electron chi connectivity index (χ0n) is 42.8. The maximum Gasteiger partial charge on any atom is 0.220 e. The van der Waals surface area contributed by atoms with Gasteiger partial charge in [-0.2, -0.15) is 9.13 Å². The molecule has 396 valence electrons. The van der Waals surface area contributed by atoms with Crippen molar-refractivity contribution in [2.75, 3.05) is 75.7 Å². The Hall–Kier alpha value is -6.74. The normalized spacial score (nSPS) is 11.9. The zero-order chi connectivity index (χ0) is 50.8. The van der Waals surface area contributed by atoms with Gasteiger partial charge in [0.1, 0.15) is 13.1 Å². The molecule has 15 heteroatoms. The second-order valence-corrected chi connectivity index (χ2v) is 18.6. The van der Waals surface area contributed by atoms with E-state index in [1.54, 1.807) is 0 Å². The summed E-state index contributed by atoms with van der Waals surface area (Å²) in [6.07, 6.45) is 7.35. The lowest BCUT2D eigenvalue weighted by atomic mass is 9.98. The molecule has 0 bridgehead atoms. The number of pyridine rings is 2. The fourth-order valence-electron chi connectivity index (χ4n) is 9.68. The Morgan fingerprint density at radius 2 is 0.747 bits per heavy atom. The van der Waals surface area contributed by atoms with Gasteiger partial charge in [-0.1, -0.05) is 48.5 Å². The minimum atomic E-state index is -0.0641. The number of fused-ring (bicyclic) bond motifs is 6. The molecule has 8 aromatic rings. The van der Waals surface area contributed by atoms with Crippen LogP contribution in [0.2, 0.25) is 0 Å². The Balaban J connectivity index is 0.00000457. The van der Waals surface area contributed by atoms with Crippen molar-refractivity contribution in [2.24, 2.45) is 9.98 Å². The summed E-state index contributed by atoms with van der Waals surface area (Å²) >= 11 is 0. The first-order valence-corrected chi connectivity index (χ1v) is 25.9. The van der Waals surface area contributed by atoms with E-state index < -0.39 is 0 Å². The maximum absolute atomic E-state index is 12.6. The van der Waals surface area contributed by atoms with E-state index in [2.05, 4.69) is 116 Å². The average Bonchev–Trinajstić information content (AvgIpc) is 3.41. The van der Waals surface area contributed by atoms with Crippen molar-refractivity contribution in [2.45, 2.75) is 77.3 Å². The van der Waals surface area contributed by atoms with Crippen molar-refractivity contribution >= 4 is 103 Å². The molecule has 75 heavy (non-hydrogen) atoms. The van der Waals surface area contributed by atoms with Crippen LogP contribution in [0.5, 0.6) is 0 Å². The number of unbranched alkanes of at least 4 members (excludes halogenated alkanes) is 4. The summed E-state index contributed by atoms with van der Waals surface area (Å²) in [6.45, 7) is 5.31. The van der Waals surface area contributed by atoms with Crippen LogP contribution in [0.25, 0.3) is 65.9 Å². The lowest BCUT2D eigenvalue weighted by Gasteiger charge is -2.14. The molecule has 0 saturated carbocycles. The van der Waals surface area contributed by atoms with Crippen LogP contribution in [0.3, 0.4) is 0 Å². The van der Waals surface area contributed by atoms with E-state index in [1.807, 2.05) is 36.4 Å². The number of halogens is 2. The van der Waals surface area contributed by atoms with Crippen molar-refractivity contribution in [3.63, 3.8) is 0 Å². The molecular formula is C60H72Cl2N8O5. The lowest BCUT2D eigenvalue weighted by Crippen LogP contribution is -2.38. The summed E-state index contributed by atoms with van der Waals surface area (Å²) in [5.41, 5.74) is 34.7. The third-order valence-electron chi connectivity index (χ3n) is 13.2. The smallest absolute Gasteiger partial charge is 0.220 e. The molecule has 6 aromatic carbocycles. The number of nitrogens with zero attached hydrogens (tertiary/aromatic N) is 4. The fraction of sp³-hybridized carbons (Fsp3) is 0.333. The Morgan fingerprint density at radius 3 is 1.15 bits per heavy atom. The number of benzene rings is 6. The molecule has 0 aliphatic heterocycles. The first-order valence-electron chi connectivity index (χ1n) is 25.9. The van der Waals surface area contributed by atoms with Crippen LogP contribution < -0.4 is 42.3 Å². The van der Waals surface area contributed by atoms with Gasteiger partial charge in [-0.15, -0.1) is 24.8 Å². The Labute approximate surface area is 453 Å². The van der Waals surface area contributed by atoms with Crippen LogP contribution in [-0.4, -0.2) is 64.5 Å². The Bertz CT molecular complexity index is 2950. The SMILES string of the molecule is Cl.Cl.Nc1ccc2c(c1)c(-c1ccccc1)[n+](CCCCCC([O-])=NCCCOCCOCCOCCCN=C([O-])CCCCC[n+]1c(-c3ccccc3)c3cc(N)ccc3c3ccc(N)cc31)c1cc(N)ccc21. The van der Waals surface area contributed by atoms with Gasteiger partial charge in [-0.05, 0) is 136 Å². The molecule has 2 aromatic heterocycles. The fourth-order valence-corrected chi connectivity index (χ4v) is 9.68. The van der Waals surface area contributed by atoms with E-state index in [0.717, 1.165) is 129 Å². The van der Waals surface area contributed by atoms with Gasteiger partial charge < -0.3 is 57.3 Å². The van der Waals surface area contributed by atoms with Crippen LogP contribution >= 0.6 is 24.8 Å². The molecule has 0 spiro atoms. The highest BCUT2D eigenvalue weighted by Gasteiger charge is 2.25. The third kappa shape index (κ3) is 15.7. The van der Waals surface area contributed by atoms with Gasteiger partial charge in [0.25, 0.3) is 0 Å². The number of nitrogens with two attached hydrogens (primary N) is 4. The molecule has 0 fully saturated rings.